The highest BCUT2D eigenvalue weighted by Crippen LogP contribution is 2.11. The predicted octanol–water partition coefficient (Wildman–Crippen LogP) is 4.33. The Morgan fingerprint density at radius 3 is 1.62 bits per heavy atom. The molecule has 3 aromatic rings. The van der Waals surface area contributed by atoms with Crippen LogP contribution < -0.4 is 10.9 Å². The van der Waals surface area contributed by atoms with E-state index in [4.69, 9.17) is 4.42 Å². The lowest BCUT2D eigenvalue weighted by Gasteiger charge is -1.98. The predicted molar refractivity (Wildman–Crippen MR) is 117 cm³/mol. The van der Waals surface area contributed by atoms with Gasteiger partial charge in [0.1, 0.15) is 0 Å². The fourth-order valence-corrected chi connectivity index (χ4v) is 3.03. The Balaban J connectivity index is 1.55. The molecule has 0 saturated carbocycles. The summed E-state index contributed by atoms with van der Waals surface area (Å²) in [6.07, 6.45) is 2.99. The first kappa shape index (κ1) is 20.7. The van der Waals surface area contributed by atoms with Crippen LogP contribution in [0.3, 0.4) is 0 Å². The number of amides is 2. The summed E-state index contributed by atoms with van der Waals surface area (Å²) in [5.74, 6) is -1.24. The van der Waals surface area contributed by atoms with Gasteiger partial charge in [-0.1, -0.05) is 56.1 Å². The molecule has 0 radical (unpaired) electrons. The number of carbonyl (C=O) groups excluding carboxylic acids is 2. The molecule has 0 saturated heterocycles. The Hall–Kier alpha value is -3.04. The Morgan fingerprint density at radius 2 is 1.21 bits per heavy atom. The lowest BCUT2D eigenvalue weighted by molar-refractivity contribution is 0.0902. The minimum absolute atomic E-state index is 0.0440. The monoisotopic (exact) mass is 516 g/mol. The highest BCUT2D eigenvalue weighted by Gasteiger charge is 2.15. The van der Waals surface area contributed by atoms with E-state index in [1.165, 1.54) is 24.6 Å². The van der Waals surface area contributed by atoms with E-state index in [1.807, 2.05) is 48.5 Å². The number of hydrogen-bond acceptors (Lipinski definition) is 5. The maximum Gasteiger partial charge on any atom is 0.307 e. The summed E-state index contributed by atoms with van der Waals surface area (Å²) >= 11 is 6.71. The number of benzene rings is 2. The maximum absolute atomic E-state index is 12.1. The first-order valence-electron chi connectivity index (χ1n) is 8.29. The Kier molecular flexibility index (Phi) is 7.09. The third-order valence-corrected chi connectivity index (χ3v) is 4.50. The lowest BCUT2D eigenvalue weighted by atomic mass is 10.2. The molecule has 0 unspecified atom stereocenters. The van der Waals surface area contributed by atoms with Gasteiger partial charge in [-0.15, -0.1) is 0 Å². The number of furan rings is 1. The van der Waals surface area contributed by atoms with Crippen LogP contribution in [-0.2, 0) is 0 Å². The number of carbonyl (C=O) groups is 2. The van der Waals surface area contributed by atoms with Crippen LogP contribution in [0, 0.1) is 0 Å². The molecule has 0 atom stereocenters. The molecule has 146 valence electrons. The van der Waals surface area contributed by atoms with E-state index in [0.29, 0.717) is 0 Å². The van der Waals surface area contributed by atoms with Crippen molar-refractivity contribution in [2.24, 2.45) is 10.2 Å². The zero-order valence-electron chi connectivity index (χ0n) is 14.8. The molecule has 0 aliphatic heterocycles. The summed E-state index contributed by atoms with van der Waals surface area (Å²) in [7, 11) is 0. The van der Waals surface area contributed by atoms with Crippen LogP contribution in [0.15, 0.2) is 84.2 Å². The minimum Gasteiger partial charge on any atom is -0.446 e. The van der Waals surface area contributed by atoms with Crippen molar-refractivity contribution >= 4 is 56.1 Å². The van der Waals surface area contributed by atoms with Crippen LogP contribution in [0.1, 0.15) is 32.2 Å². The number of nitrogens with zero attached hydrogens (tertiary/aromatic N) is 2. The van der Waals surface area contributed by atoms with Crippen LogP contribution in [0.4, 0.5) is 0 Å². The Bertz CT molecular complexity index is 1010. The third kappa shape index (κ3) is 6.23. The molecule has 0 bridgehead atoms. The topological polar surface area (TPSA) is 96.1 Å². The van der Waals surface area contributed by atoms with E-state index in [1.54, 1.807) is 0 Å². The number of nitrogens with one attached hydrogen (secondary N) is 2. The summed E-state index contributed by atoms with van der Waals surface area (Å²) in [5.41, 5.74) is 6.31. The van der Waals surface area contributed by atoms with Crippen molar-refractivity contribution in [3.05, 3.63) is 92.3 Å². The first-order valence-corrected chi connectivity index (χ1v) is 9.87. The summed E-state index contributed by atoms with van der Waals surface area (Å²) in [5, 5.41) is 7.74. The van der Waals surface area contributed by atoms with Crippen molar-refractivity contribution in [1.29, 1.82) is 0 Å². The molecule has 0 aliphatic carbocycles. The molecule has 0 fully saturated rings. The van der Waals surface area contributed by atoms with Crippen molar-refractivity contribution in [3.8, 4) is 0 Å². The van der Waals surface area contributed by atoms with Gasteiger partial charge in [0.05, 0.1) is 12.4 Å². The van der Waals surface area contributed by atoms with Gasteiger partial charge in [0.15, 0.2) is 11.5 Å². The molecular weight excluding hydrogens is 504 g/mol. The largest absolute Gasteiger partial charge is 0.446 e. The van der Waals surface area contributed by atoms with Crippen LogP contribution in [-0.4, -0.2) is 24.2 Å². The fraction of sp³-hybridized carbons (Fsp3) is 0. The molecule has 2 amide bonds. The molecule has 0 aliphatic rings. The third-order valence-electron chi connectivity index (χ3n) is 3.51. The van der Waals surface area contributed by atoms with Crippen LogP contribution in [0.5, 0.6) is 0 Å². The van der Waals surface area contributed by atoms with Gasteiger partial charge >= 0.3 is 11.8 Å². The molecule has 1 aromatic heterocycles. The van der Waals surface area contributed by atoms with Gasteiger partial charge in [0, 0.05) is 8.95 Å². The van der Waals surface area contributed by atoms with E-state index in [9.17, 15) is 9.59 Å². The number of hydrogen-bond donors (Lipinski definition) is 2. The van der Waals surface area contributed by atoms with E-state index in [0.717, 1.165) is 20.1 Å². The van der Waals surface area contributed by atoms with Crippen molar-refractivity contribution in [2.45, 2.75) is 0 Å². The highest BCUT2D eigenvalue weighted by atomic mass is 79.9. The van der Waals surface area contributed by atoms with E-state index >= 15 is 0 Å². The van der Waals surface area contributed by atoms with Gasteiger partial charge in [-0.3, -0.25) is 9.59 Å². The smallest absolute Gasteiger partial charge is 0.307 e. The lowest BCUT2D eigenvalue weighted by Crippen LogP contribution is -2.18. The summed E-state index contributed by atoms with van der Waals surface area (Å²) in [4.78, 5) is 24.2. The summed E-state index contributed by atoms with van der Waals surface area (Å²) in [6.45, 7) is 0. The van der Waals surface area contributed by atoms with E-state index in [2.05, 4.69) is 52.9 Å². The SMILES string of the molecule is O=C(N/N=C/c1cccc(Br)c1)c1ccc(C(=O)N/N=C/c2cccc(Br)c2)o1. The van der Waals surface area contributed by atoms with E-state index in [-0.39, 0.29) is 11.5 Å². The molecular formula is C20H14Br2N4O3. The van der Waals surface area contributed by atoms with Crippen LogP contribution >= 0.6 is 31.9 Å². The summed E-state index contributed by atoms with van der Waals surface area (Å²) in [6, 6.07) is 17.6. The molecule has 0 spiro atoms. The number of hydrazone groups is 2. The van der Waals surface area contributed by atoms with Gasteiger partial charge in [-0.05, 0) is 47.5 Å². The second-order valence-corrected chi connectivity index (χ2v) is 7.50. The van der Waals surface area contributed by atoms with Crippen molar-refractivity contribution in [1.82, 2.24) is 10.9 Å². The second kappa shape index (κ2) is 9.94. The Labute approximate surface area is 183 Å². The zero-order valence-corrected chi connectivity index (χ0v) is 18.0. The number of halogens is 2. The molecule has 3 rings (SSSR count). The summed E-state index contributed by atoms with van der Waals surface area (Å²) < 4.78 is 7.06. The molecule has 7 nitrogen and oxygen atoms in total. The average molecular weight is 518 g/mol. The standard InChI is InChI=1S/C20H14Br2N4O3/c21-15-5-1-3-13(9-15)11-23-25-19(27)17-7-8-18(29-17)20(28)26-24-12-14-4-2-6-16(22)10-14/h1-12H,(H,25,27)(H,26,28)/b23-11+,24-12+. The first-order chi connectivity index (χ1) is 14.0. The minimum atomic E-state index is -0.576. The maximum atomic E-state index is 12.1. The second-order valence-electron chi connectivity index (χ2n) is 5.67. The number of rotatable bonds is 6. The van der Waals surface area contributed by atoms with Gasteiger partial charge in [0.2, 0.25) is 0 Å². The molecule has 29 heavy (non-hydrogen) atoms. The Morgan fingerprint density at radius 1 is 0.759 bits per heavy atom. The molecule has 2 aromatic carbocycles. The molecule has 2 N–H and O–H groups in total. The van der Waals surface area contributed by atoms with Crippen molar-refractivity contribution in [3.63, 3.8) is 0 Å². The molecule has 9 heteroatoms. The van der Waals surface area contributed by atoms with Crippen molar-refractivity contribution in [2.75, 3.05) is 0 Å². The van der Waals surface area contributed by atoms with Gasteiger partial charge < -0.3 is 4.42 Å². The van der Waals surface area contributed by atoms with Gasteiger partial charge in [-0.25, -0.2) is 10.9 Å². The quantitative estimate of drug-likeness (QED) is 0.376. The normalized spacial score (nSPS) is 11.1. The van der Waals surface area contributed by atoms with Crippen LogP contribution in [0.2, 0.25) is 0 Å². The van der Waals surface area contributed by atoms with Gasteiger partial charge in [-0.2, -0.15) is 10.2 Å². The fourth-order valence-electron chi connectivity index (χ4n) is 2.20. The van der Waals surface area contributed by atoms with Crippen LogP contribution in [0.25, 0.3) is 0 Å². The van der Waals surface area contributed by atoms with E-state index < -0.39 is 11.8 Å². The zero-order chi connectivity index (χ0) is 20.6. The van der Waals surface area contributed by atoms with Gasteiger partial charge in [0.25, 0.3) is 0 Å². The highest BCUT2D eigenvalue weighted by molar-refractivity contribution is 9.10. The molecule has 1 heterocycles. The van der Waals surface area contributed by atoms with Crippen molar-refractivity contribution < 1.29 is 14.0 Å². The average Bonchev–Trinajstić information content (AvgIpc) is 3.18.